The van der Waals surface area contributed by atoms with E-state index in [4.69, 9.17) is 9.73 Å². The summed E-state index contributed by atoms with van der Waals surface area (Å²) >= 11 is 0. The molecule has 1 spiro atoms. The van der Waals surface area contributed by atoms with Crippen molar-refractivity contribution in [3.8, 4) is 0 Å². The van der Waals surface area contributed by atoms with Crippen molar-refractivity contribution in [3.05, 3.63) is 12.2 Å². The Morgan fingerprint density at radius 1 is 1.44 bits per heavy atom. The maximum Gasteiger partial charge on any atom is 0.194 e. The SMILES string of the molecule is CCN=C(NC1CC(OCC)C12CCCC2)N(C)Cc1ncnn1C. The van der Waals surface area contributed by atoms with Gasteiger partial charge in [-0.25, -0.2) is 4.98 Å². The van der Waals surface area contributed by atoms with Crippen molar-refractivity contribution >= 4 is 5.96 Å². The molecule has 2 saturated carbocycles. The average Bonchev–Trinajstić information content (AvgIpc) is 3.24. The molecule has 7 nitrogen and oxygen atoms in total. The van der Waals surface area contributed by atoms with E-state index in [0.717, 1.165) is 31.4 Å². The van der Waals surface area contributed by atoms with Crippen LogP contribution in [0.1, 0.15) is 51.8 Å². The third-order valence-electron chi connectivity index (χ3n) is 5.84. The Balaban J connectivity index is 1.68. The van der Waals surface area contributed by atoms with Crippen LogP contribution in [0.2, 0.25) is 0 Å². The fourth-order valence-electron chi connectivity index (χ4n) is 4.42. The molecule has 1 aromatic heterocycles. The number of aryl methyl sites for hydroxylation is 1. The van der Waals surface area contributed by atoms with Crippen molar-refractivity contribution in [2.24, 2.45) is 17.5 Å². The molecule has 7 heteroatoms. The molecule has 2 aliphatic rings. The minimum Gasteiger partial charge on any atom is -0.378 e. The molecule has 1 aromatic rings. The van der Waals surface area contributed by atoms with Gasteiger partial charge < -0.3 is 15.0 Å². The van der Waals surface area contributed by atoms with Crippen LogP contribution < -0.4 is 5.32 Å². The lowest BCUT2D eigenvalue weighted by Gasteiger charge is -2.54. The molecule has 25 heavy (non-hydrogen) atoms. The predicted octanol–water partition coefficient (Wildman–Crippen LogP) is 1.95. The Kier molecular flexibility index (Phi) is 5.61. The number of aliphatic imine (C=N–C) groups is 1. The average molecular weight is 348 g/mol. The highest BCUT2D eigenvalue weighted by Gasteiger charge is 2.57. The summed E-state index contributed by atoms with van der Waals surface area (Å²) in [6.07, 6.45) is 8.24. The molecule has 2 aliphatic carbocycles. The summed E-state index contributed by atoms with van der Waals surface area (Å²) in [6, 6.07) is 0.457. The largest absolute Gasteiger partial charge is 0.378 e. The van der Waals surface area contributed by atoms with Gasteiger partial charge in [-0.15, -0.1) is 0 Å². The van der Waals surface area contributed by atoms with Crippen molar-refractivity contribution in [1.29, 1.82) is 0 Å². The van der Waals surface area contributed by atoms with E-state index in [0.29, 0.717) is 24.1 Å². The van der Waals surface area contributed by atoms with Crippen molar-refractivity contribution < 1.29 is 4.74 Å². The molecule has 3 rings (SSSR count). The minimum atomic E-state index is 0.302. The fraction of sp³-hybridized carbons (Fsp3) is 0.833. The van der Waals surface area contributed by atoms with Gasteiger partial charge in [-0.2, -0.15) is 5.10 Å². The number of rotatable bonds is 6. The fourth-order valence-corrected chi connectivity index (χ4v) is 4.42. The van der Waals surface area contributed by atoms with Crippen molar-refractivity contribution in [2.45, 2.75) is 64.6 Å². The highest BCUT2D eigenvalue weighted by atomic mass is 16.5. The van der Waals surface area contributed by atoms with E-state index in [1.165, 1.54) is 25.7 Å². The Hall–Kier alpha value is -1.63. The zero-order valence-electron chi connectivity index (χ0n) is 16.0. The van der Waals surface area contributed by atoms with Crippen molar-refractivity contribution in [1.82, 2.24) is 25.0 Å². The molecular formula is C18H32N6O. The normalized spacial score (nSPS) is 25.2. The first-order valence-electron chi connectivity index (χ1n) is 9.57. The smallest absolute Gasteiger partial charge is 0.194 e. The number of nitrogens with zero attached hydrogens (tertiary/aromatic N) is 5. The van der Waals surface area contributed by atoms with Gasteiger partial charge >= 0.3 is 0 Å². The molecule has 2 fully saturated rings. The minimum absolute atomic E-state index is 0.302. The van der Waals surface area contributed by atoms with Gasteiger partial charge in [-0.05, 0) is 33.1 Å². The number of guanidine groups is 1. The van der Waals surface area contributed by atoms with Gasteiger partial charge in [0.1, 0.15) is 12.2 Å². The Morgan fingerprint density at radius 3 is 2.80 bits per heavy atom. The van der Waals surface area contributed by atoms with Gasteiger partial charge in [0.15, 0.2) is 5.96 Å². The summed E-state index contributed by atoms with van der Waals surface area (Å²) in [5, 5.41) is 7.90. The second-order valence-electron chi connectivity index (χ2n) is 7.27. The molecule has 2 atom stereocenters. The molecule has 2 unspecified atom stereocenters. The van der Waals surface area contributed by atoms with Gasteiger partial charge in [0.05, 0.1) is 12.6 Å². The van der Waals surface area contributed by atoms with E-state index in [-0.39, 0.29) is 0 Å². The first-order valence-corrected chi connectivity index (χ1v) is 9.57. The van der Waals surface area contributed by atoms with Gasteiger partial charge in [0.2, 0.25) is 0 Å². The van der Waals surface area contributed by atoms with Gasteiger partial charge in [0, 0.05) is 38.7 Å². The monoisotopic (exact) mass is 348 g/mol. The predicted molar refractivity (Wildman–Crippen MR) is 98.3 cm³/mol. The molecule has 0 aliphatic heterocycles. The van der Waals surface area contributed by atoms with Crippen LogP contribution >= 0.6 is 0 Å². The summed E-state index contributed by atoms with van der Waals surface area (Å²) in [5.41, 5.74) is 0.302. The molecule has 0 radical (unpaired) electrons. The second-order valence-corrected chi connectivity index (χ2v) is 7.27. The molecule has 1 N–H and O–H groups in total. The standard InChI is InChI=1S/C18H32N6O/c1-5-19-17(23(3)12-16-20-13-21-24(16)4)22-14-11-15(25-6-2)18(14)9-7-8-10-18/h13-15H,5-12H2,1-4H3,(H,19,22). The number of hydrogen-bond donors (Lipinski definition) is 1. The zero-order valence-corrected chi connectivity index (χ0v) is 16.0. The zero-order chi connectivity index (χ0) is 17.9. The van der Waals surface area contributed by atoms with Crippen LogP contribution in [0.5, 0.6) is 0 Å². The van der Waals surface area contributed by atoms with E-state index >= 15 is 0 Å². The number of aromatic nitrogens is 3. The first-order chi connectivity index (χ1) is 12.1. The van der Waals surface area contributed by atoms with E-state index in [2.05, 4.69) is 41.2 Å². The van der Waals surface area contributed by atoms with Crippen LogP contribution in [0.25, 0.3) is 0 Å². The van der Waals surface area contributed by atoms with Crippen molar-refractivity contribution in [3.63, 3.8) is 0 Å². The summed E-state index contributed by atoms with van der Waals surface area (Å²) in [5.74, 6) is 1.89. The van der Waals surface area contributed by atoms with Crippen LogP contribution in [-0.4, -0.2) is 58.0 Å². The Bertz CT molecular complexity index is 592. The summed E-state index contributed by atoms with van der Waals surface area (Å²) in [4.78, 5) is 11.2. The maximum absolute atomic E-state index is 6.03. The molecule has 0 aromatic carbocycles. The third kappa shape index (κ3) is 3.52. The summed E-state index contributed by atoms with van der Waals surface area (Å²) in [6.45, 7) is 6.44. The molecule has 140 valence electrons. The molecular weight excluding hydrogens is 316 g/mol. The van der Waals surface area contributed by atoms with E-state index in [1.807, 2.05) is 11.7 Å². The quantitative estimate of drug-likeness (QED) is 0.629. The first kappa shape index (κ1) is 18.2. The van der Waals surface area contributed by atoms with Crippen LogP contribution in [0, 0.1) is 5.41 Å². The number of hydrogen-bond acceptors (Lipinski definition) is 4. The van der Waals surface area contributed by atoms with Gasteiger partial charge in [0.25, 0.3) is 0 Å². The van der Waals surface area contributed by atoms with Gasteiger partial charge in [-0.3, -0.25) is 9.67 Å². The molecule has 1 heterocycles. The highest BCUT2D eigenvalue weighted by molar-refractivity contribution is 5.80. The van der Waals surface area contributed by atoms with Crippen LogP contribution in [0.3, 0.4) is 0 Å². The topological polar surface area (TPSA) is 67.6 Å². The third-order valence-corrected chi connectivity index (χ3v) is 5.84. The second kappa shape index (κ2) is 7.72. The van der Waals surface area contributed by atoms with Crippen LogP contribution in [0.4, 0.5) is 0 Å². The molecule has 0 amide bonds. The van der Waals surface area contributed by atoms with E-state index in [1.54, 1.807) is 6.33 Å². The summed E-state index contributed by atoms with van der Waals surface area (Å²) in [7, 11) is 3.99. The van der Waals surface area contributed by atoms with E-state index < -0.39 is 0 Å². The lowest BCUT2D eigenvalue weighted by molar-refractivity contribution is -0.126. The van der Waals surface area contributed by atoms with Crippen molar-refractivity contribution in [2.75, 3.05) is 20.2 Å². The van der Waals surface area contributed by atoms with E-state index in [9.17, 15) is 0 Å². The lowest BCUT2D eigenvalue weighted by Crippen LogP contribution is -2.65. The van der Waals surface area contributed by atoms with Crippen LogP contribution in [0.15, 0.2) is 11.3 Å². The lowest BCUT2D eigenvalue weighted by atomic mass is 9.60. The van der Waals surface area contributed by atoms with Crippen LogP contribution in [-0.2, 0) is 18.3 Å². The Morgan fingerprint density at radius 2 is 2.20 bits per heavy atom. The Labute approximate surface area is 150 Å². The summed E-state index contributed by atoms with van der Waals surface area (Å²) < 4.78 is 7.85. The number of nitrogens with one attached hydrogen (secondary N) is 1. The van der Waals surface area contributed by atoms with Gasteiger partial charge in [-0.1, -0.05) is 12.8 Å². The molecule has 0 saturated heterocycles. The highest BCUT2D eigenvalue weighted by Crippen LogP contribution is 2.54. The maximum atomic E-state index is 6.03. The number of ether oxygens (including phenoxy) is 1. The molecule has 0 bridgehead atoms.